The van der Waals surface area contributed by atoms with Crippen LogP contribution in [0.4, 0.5) is 0 Å². The molecule has 2 amide bonds. The van der Waals surface area contributed by atoms with E-state index in [1.807, 2.05) is 31.2 Å². The van der Waals surface area contributed by atoms with Crippen LogP contribution in [0.1, 0.15) is 37.3 Å². The van der Waals surface area contributed by atoms with E-state index in [0.29, 0.717) is 36.8 Å². The summed E-state index contributed by atoms with van der Waals surface area (Å²) in [5, 5.41) is 0. The average molecular weight is 356 g/mol. The van der Waals surface area contributed by atoms with Gasteiger partial charge in [-0.25, -0.2) is 0 Å². The zero-order valence-corrected chi connectivity index (χ0v) is 16.0. The van der Waals surface area contributed by atoms with Crippen LogP contribution in [0.2, 0.25) is 0 Å². The zero-order chi connectivity index (χ0) is 18.7. The van der Waals surface area contributed by atoms with Gasteiger partial charge in [0, 0.05) is 33.4 Å². The fourth-order valence-corrected chi connectivity index (χ4v) is 3.80. The highest BCUT2D eigenvalue weighted by Crippen LogP contribution is 2.34. The lowest BCUT2D eigenvalue weighted by Gasteiger charge is -2.33. The number of carbonyl (C=O) groups is 2. The highest BCUT2D eigenvalue weighted by Gasteiger charge is 2.41. The largest absolute Gasteiger partial charge is 0.385 e. The van der Waals surface area contributed by atoms with E-state index < -0.39 is 0 Å². The second kappa shape index (κ2) is 8.04. The van der Waals surface area contributed by atoms with Crippen molar-refractivity contribution < 1.29 is 14.3 Å². The molecule has 0 spiro atoms. The first kappa shape index (κ1) is 18.6. The van der Waals surface area contributed by atoms with Gasteiger partial charge in [0.2, 0.25) is 0 Å². The zero-order valence-electron chi connectivity index (χ0n) is 16.0. The first-order valence-electron chi connectivity index (χ1n) is 9.44. The van der Waals surface area contributed by atoms with E-state index in [2.05, 4.69) is 11.8 Å². The molecule has 1 atom stereocenters. The number of hydrogen-bond acceptors (Lipinski definition) is 4. The number of ether oxygens (including phenoxy) is 1. The maximum atomic E-state index is 13.1. The van der Waals surface area contributed by atoms with E-state index >= 15 is 0 Å². The minimum absolute atomic E-state index is 0.157. The summed E-state index contributed by atoms with van der Waals surface area (Å²) < 4.78 is 5.08. The monoisotopic (exact) mass is 356 g/mol. The third-order valence-electron chi connectivity index (χ3n) is 5.19. The van der Waals surface area contributed by atoms with Gasteiger partial charge in [-0.15, -0.1) is 0 Å². The molecule has 1 saturated heterocycles. The van der Waals surface area contributed by atoms with Gasteiger partial charge in [0.05, 0.1) is 5.57 Å². The molecule has 0 aliphatic carbocycles. The first-order chi connectivity index (χ1) is 12.5. The summed E-state index contributed by atoms with van der Waals surface area (Å²) in [6, 6.07) is 7.87. The molecule has 26 heavy (non-hydrogen) atoms. The summed E-state index contributed by atoms with van der Waals surface area (Å²) in [7, 11) is 1.63. The van der Waals surface area contributed by atoms with Gasteiger partial charge in [0.25, 0.3) is 11.8 Å². The summed E-state index contributed by atoms with van der Waals surface area (Å²) in [4.78, 5) is 29.8. The number of hydrogen-bond donors (Lipinski definition) is 0. The quantitative estimate of drug-likeness (QED) is 0.581. The normalized spacial score (nSPS) is 21.1. The molecule has 0 bridgehead atoms. The predicted octanol–water partition coefficient (Wildman–Crippen LogP) is 2.84. The number of nitrogens with zero attached hydrogens (tertiary/aromatic N) is 2. The van der Waals surface area contributed by atoms with Gasteiger partial charge in [0.15, 0.2) is 0 Å². The van der Waals surface area contributed by atoms with Crippen LogP contribution >= 0.6 is 0 Å². The number of benzene rings is 1. The van der Waals surface area contributed by atoms with Crippen LogP contribution in [0.5, 0.6) is 0 Å². The van der Waals surface area contributed by atoms with Crippen molar-refractivity contribution in [3.05, 3.63) is 41.1 Å². The topological polar surface area (TPSA) is 49.9 Å². The van der Waals surface area contributed by atoms with Crippen molar-refractivity contribution in [3.8, 4) is 0 Å². The van der Waals surface area contributed by atoms with Crippen LogP contribution in [0.3, 0.4) is 0 Å². The van der Waals surface area contributed by atoms with Crippen molar-refractivity contribution in [2.75, 3.05) is 33.4 Å². The van der Waals surface area contributed by atoms with Crippen LogP contribution in [0.15, 0.2) is 30.0 Å². The molecule has 2 aliphatic rings. The predicted molar refractivity (Wildman–Crippen MR) is 101 cm³/mol. The standard InChI is InChI=1S/C21H28N2O3/c1-15-7-9-17(10-8-15)18-19(22-11-4-6-16(2)14-22)21(25)23(20(18)24)12-5-13-26-3/h7-10,16H,4-6,11-14H2,1-3H3. The van der Waals surface area contributed by atoms with Crippen molar-refractivity contribution in [1.82, 2.24) is 9.80 Å². The molecule has 2 aliphatic heterocycles. The van der Waals surface area contributed by atoms with Crippen LogP contribution in [-0.2, 0) is 14.3 Å². The smallest absolute Gasteiger partial charge is 0.277 e. The molecular formula is C21H28N2O3. The number of likely N-dealkylation sites (tertiary alicyclic amines) is 1. The Morgan fingerprint density at radius 2 is 1.88 bits per heavy atom. The number of piperidine rings is 1. The van der Waals surface area contributed by atoms with Crippen LogP contribution < -0.4 is 0 Å². The lowest BCUT2D eigenvalue weighted by molar-refractivity contribution is -0.137. The van der Waals surface area contributed by atoms with E-state index in [1.165, 1.54) is 11.3 Å². The Bertz CT molecular complexity index is 708. The second-order valence-corrected chi connectivity index (χ2v) is 7.39. The lowest BCUT2D eigenvalue weighted by Crippen LogP contribution is -2.39. The minimum atomic E-state index is -0.178. The minimum Gasteiger partial charge on any atom is -0.385 e. The van der Waals surface area contributed by atoms with Crippen molar-refractivity contribution in [3.63, 3.8) is 0 Å². The molecular weight excluding hydrogens is 328 g/mol. The number of imide groups is 1. The summed E-state index contributed by atoms with van der Waals surface area (Å²) in [5.41, 5.74) is 3.11. The Morgan fingerprint density at radius 1 is 1.15 bits per heavy atom. The van der Waals surface area contributed by atoms with Crippen molar-refractivity contribution in [2.45, 2.75) is 33.1 Å². The molecule has 0 radical (unpaired) electrons. The first-order valence-corrected chi connectivity index (χ1v) is 9.44. The lowest BCUT2D eigenvalue weighted by atomic mass is 9.97. The van der Waals surface area contributed by atoms with Gasteiger partial charge in [-0.2, -0.15) is 0 Å². The van der Waals surface area contributed by atoms with Crippen molar-refractivity contribution in [2.24, 2.45) is 5.92 Å². The van der Waals surface area contributed by atoms with Crippen molar-refractivity contribution >= 4 is 17.4 Å². The van der Waals surface area contributed by atoms with E-state index in [0.717, 1.165) is 30.6 Å². The molecule has 0 N–H and O–H groups in total. The molecule has 0 aromatic heterocycles. The molecule has 1 unspecified atom stereocenters. The summed E-state index contributed by atoms with van der Waals surface area (Å²) in [6.07, 6.45) is 2.87. The van der Waals surface area contributed by atoms with Crippen LogP contribution in [0.25, 0.3) is 5.57 Å². The number of amides is 2. The molecule has 3 rings (SSSR count). The molecule has 140 valence electrons. The Balaban J connectivity index is 1.97. The highest BCUT2D eigenvalue weighted by atomic mass is 16.5. The second-order valence-electron chi connectivity index (χ2n) is 7.39. The maximum Gasteiger partial charge on any atom is 0.277 e. The molecule has 1 aromatic rings. The number of aryl methyl sites for hydroxylation is 1. The van der Waals surface area contributed by atoms with E-state index in [-0.39, 0.29) is 11.8 Å². The third-order valence-corrected chi connectivity index (χ3v) is 5.19. The van der Waals surface area contributed by atoms with E-state index in [1.54, 1.807) is 7.11 Å². The Morgan fingerprint density at radius 3 is 2.54 bits per heavy atom. The summed E-state index contributed by atoms with van der Waals surface area (Å²) in [6.45, 7) is 6.82. The Labute approximate surface area is 155 Å². The van der Waals surface area contributed by atoms with Gasteiger partial charge in [0.1, 0.15) is 5.70 Å². The van der Waals surface area contributed by atoms with Gasteiger partial charge < -0.3 is 9.64 Å². The van der Waals surface area contributed by atoms with Gasteiger partial charge in [-0.3, -0.25) is 14.5 Å². The van der Waals surface area contributed by atoms with Gasteiger partial charge in [-0.05, 0) is 37.7 Å². The fraction of sp³-hybridized carbons (Fsp3) is 0.524. The summed E-state index contributed by atoms with van der Waals surface area (Å²) in [5.74, 6) is 0.194. The molecule has 2 heterocycles. The SMILES string of the molecule is COCCCN1C(=O)C(c2ccc(C)cc2)=C(N2CCCC(C)C2)C1=O. The highest BCUT2D eigenvalue weighted by molar-refractivity contribution is 6.35. The van der Waals surface area contributed by atoms with Crippen LogP contribution in [0, 0.1) is 12.8 Å². The van der Waals surface area contributed by atoms with Gasteiger partial charge >= 0.3 is 0 Å². The van der Waals surface area contributed by atoms with Crippen LogP contribution in [-0.4, -0.2) is 55.0 Å². The van der Waals surface area contributed by atoms with Gasteiger partial charge in [-0.1, -0.05) is 36.8 Å². The van der Waals surface area contributed by atoms with E-state index in [4.69, 9.17) is 4.74 Å². The summed E-state index contributed by atoms with van der Waals surface area (Å²) >= 11 is 0. The van der Waals surface area contributed by atoms with Crippen molar-refractivity contribution in [1.29, 1.82) is 0 Å². The number of rotatable bonds is 6. The Hall–Kier alpha value is -2.14. The third kappa shape index (κ3) is 3.68. The Kier molecular flexibility index (Phi) is 5.77. The molecule has 1 aromatic carbocycles. The average Bonchev–Trinajstić information content (AvgIpc) is 2.87. The van der Waals surface area contributed by atoms with E-state index in [9.17, 15) is 9.59 Å². The molecule has 5 heteroatoms. The molecule has 0 saturated carbocycles. The number of methoxy groups -OCH3 is 1. The fourth-order valence-electron chi connectivity index (χ4n) is 3.80. The molecule has 1 fully saturated rings. The maximum absolute atomic E-state index is 13.1. The molecule has 5 nitrogen and oxygen atoms in total. The number of carbonyl (C=O) groups excluding carboxylic acids is 2.